The Labute approximate surface area is 164 Å². The first kappa shape index (κ1) is 19.1. The highest BCUT2D eigenvalue weighted by atomic mass is 35.5. The topological polar surface area (TPSA) is 94.3 Å². The smallest absolute Gasteiger partial charge is 0.306 e. The van der Waals surface area contributed by atoms with Gasteiger partial charge in [0, 0.05) is 18.0 Å². The number of hydrogen-bond donors (Lipinski definition) is 1. The molecular weight excluding hydrogens is 390 g/mol. The SMILES string of the molecule is O=C(COC(=O)CCc1nc(-c2cccs2)no1)NCc1ccccc1Cl. The average Bonchev–Trinajstić information content (AvgIpc) is 3.35. The van der Waals surface area contributed by atoms with Crippen molar-refractivity contribution in [3.8, 4) is 10.7 Å². The number of ether oxygens (including phenoxy) is 1. The molecule has 0 unspecified atom stereocenters. The summed E-state index contributed by atoms with van der Waals surface area (Å²) in [4.78, 5) is 28.7. The van der Waals surface area contributed by atoms with Gasteiger partial charge in [0.15, 0.2) is 6.61 Å². The molecule has 1 amide bonds. The maximum atomic E-state index is 11.8. The molecule has 0 saturated carbocycles. The van der Waals surface area contributed by atoms with Crippen LogP contribution < -0.4 is 5.32 Å². The molecule has 0 saturated heterocycles. The summed E-state index contributed by atoms with van der Waals surface area (Å²) in [7, 11) is 0. The van der Waals surface area contributed by atoms with E-state index in [2.05, 4.69) is 15.5 Å². The second-order valence-corrected chi connectivity index (χ2v) is 6.87. The van der Waals surface area contributed by atoms with Crippen LogP contribution in [0, 0.1) is 0 Å². The van der Waals surface area contributed by atoms with Crippen molar-refractivity contribution in [2.45, 2.75) is 19.4 Å². The summed E-state index contributed by atoms with van der Waals surface area (Å²) in [6, 6.07) is 11.0. The van der Waals surface area contributed by atoms with E-state index in [1.165, 1.54) is 11.3 Å². The van der Waals surface area contributed by atoms with Crippen molar-refractivity contribution in [2.24, 2.45) is 0 Å². The maximum Gasteiger partial charge on any atom is 0.306 e. The molecule has 140 valence electrons. The number of carbonyl (C=O) groups excluding carboxylic acids is 2. The third-order valence-electron chi connectivity index (χ3n) is 3.55. The zero-order valence-corrected chi connectivity index (χ0v) is 15.8. The minimum Gasteiger partial charge on any atom is -0.456 e. The van der Waals surface area contributed by atoms with Gasteiger partial charge >= 0.3 is 5.97 Å². The number of carbonyl (C=O) groups is 2. The van der Waals surface area contributed by atoms with Crippen LogP contribution >= 0.6 is 22.9 Å². The number of thiophene rings is 1. The fraction of sp³-hybridized carbons (Fsp3) is 0.222. The number of nitrogens with one attached hydrogen (secondary N) is 1. The third kappa shape index (κ3) is 5.63. The minimum atomic E-state index is -0.515. The zero-order valence-electron chi connectivity index (χ0n) is 14.2. The number of hydrogen-bond acceptors (Lipinski definition) is 7. The van der Waals surface area contributed by atoms with E-state index in [1.54, 1.807) is 6.07 Å². The lowest BCUT2D eigenvalue weighted by Gasteiger charge is -2.07. The summed E-state index contributed by atoms with van der Waals surface area (Å²) in [5, 5.41) is 9.00. The second-order valence-electron chi connectivity index (χ2n) is 5.52. The van der Waals surface area contributed by atoms with Crippen LogP contribution in [-0.2, 0) is 27.3 Å². The number of aromatic nitrogens is 2. The molecule has 3 aromatic rings. The summed E-state index contributed by atoms with van der Waals surface area (Å²) in [6.45, 7) is -0.0862. The van der Waals surface area contributed by atoms with Crippen LogP contribution in [0.3, 0.4) is 0 Å². The monoisotopic (exact) mass is 405 g/mol. The molecule has 0 aliphatic rings. The van der Waals surface area contributed by atoms with Crippen molar-refractivity contribution in [3.63, 3.8) is 0 Å². The normalized spacial score (nSPS) is 10.6. The van der Waals surface area contributed by atoms with Crippen molar-refractivity contribution >= 4 is 34.8 Å². The number of nitrogens with zero attached hydrogens (tertiary/aromatic N) is 2. The van der Waals surface area contributed by atoms with Gasteiger partial charge in [0.25, 0.3) is 5.91 Å². The molecule has 0 atom stereocenters. The number of benzene rings is 1. The predicted octanol–water partition coefficient (Wildman–Crippen LogP) is 3.24. The first-order chi connectivity index (χ1) is 13.1. The Morgan fingerprint density at radius 1 is 1.22 bits per heavy atom. The minimum absolute atomic E-state index is 0.0455. The Kier molecular flexibility index (Phi) is 6.56. The Hall–Kier alpha value is -2.71. The molecule has 1 aromatic carbocycles. The fourth-order valence-corrected chi connectivity index (χ4v) is 3.03. The van der Waals surface area contributed by atoms with Crippen LogP contribution in [0.1, 0.15) is 17.9 Å². The molecule has 2 aromatic heterocycles. The van der Waals surface area contributed by atoms with E-state index in [0.29, 0.717) is 16.7 Å². The summed E-state index contributed by atoms with van der Waals surface area (Å²) in [5.74, 6) is -0.0781. The van der Waals surface area contributed by atoms with E-state index in [1.807, 2.05) is 35.7 Å². The zero-order chi connectivity index (χ0) is 19.1. The molecular formula is C18H16ClN3O4S. The predicted molar refractivity (Wildman–Crippen MR) is 100 cm³/mol. The van der Waals surface area contributed by atoms with Crippen LogP contribution in [0.15, 0.2) is 46.3 Å². The van der Waals surface area contributed by atoms with Gasteiger partial charge in [-0.25, -0.2) is 0 Å². The van der Waals surface area contributed by atoms with Crippen LogP contribution in [0.5, 0.6) is 0 Å². The van der Waals surface area contributed by atoms with Crippen LogP contribution in [-0.4, -0.2) is 28.6 Å². The molecule has 3 rings (SSSR count). The second kappa shape index (κ2) is 9.29. The Morgan fingerprint density at radius 2 is 2.07 bits per heavy atom. The van der Waals surface area contributed by atoms with Gasteiger partial charge in [-0.1, -0.05) is 41.0 Å². The lowest BCUT2D eigenvalue weighted by molar-refractivity contribution is -0.148. The molecule has 27 heavy (non-hydrogen) atoms. The molecule has 0 bridgehead atoms. The molecule has 0 aliphatic heterocycles. The summed E-state index contributed by atoms with van der Waals surface area (Å²) in [6.07, 6.45) is 0.294. The number of halogens is 1. The van der Waals surface area contributed by atoms with Crippen LogP contribution in [0.25, 0.3) is 10.7 Å². The number of aryl methyl sites for hydroxylation is 1. The molecule has 0 aliphatic carbocycles. The summed E-state index contributed by atoms with van der Waals surface area (Å²) in [5.41, 5.74) is 0.789. The quantitative estimate of drug-likeness (QED) is 0.578. The van der Waals surface area contributed by atoms with Crippen molar-refractivity contribution in [1.82, 2.24) is 15.5 Å². The van der Waals surface area contributed by atoms with Gasteiger partial charge in [0.05, 0.1) is 11.3 Å². The Morgan fingerprint density at radius 3 is 2.85 bits per heavy atom. The molecule has 0 spiro atoms. The Balaban J connectivity index is 1.37. The highest BCUT2D eigenvalue weighted by Gasteiger charge is 2.13. The highest BCUT2D eigenvalue weighted by Crippen LogP contribution is 2.21. The summed E-state index contributed by atoms with van der Waals surface area (Å²) >= 11 is 7.51. The molecule has 2 heterocycles. The van der Waals surface area contributed by atoms with Gasteiger partial charge in [0.1, 0.15) is 0 Å². The molecule has 9 heteroatoms. The van der Waals surface area contributed by atoms with Crippen LogP contribution in [0.2, 0.25) is 5.02 Å². The van der Waals surface area contributed by atoms with Gasteiger partial charge < -0.3 is 14.6 Å². The van der Waals surface area contributed by atoms with Gasteiger partial charge in [-0.15, -0.1) is 11.3 Å². The average molecular weight is 406 g/mol. The highest BCUT2D eigenvalue weighted by molar-refractivity contribution is 7.13. The number of esters is 1. The number of rotatable bonds is 8. The van der Waals surface area contributed by atoms with Gasteiger partial charge in [-0.2, -0.15) is 4.98 Å². The van der Waals surface area contributed by atoms with Crippen LogP contribution in [0.4, 0.5) is 0 Å². The van der Waals surface area contributed by atoms with E-state index in [0.717, 1.165) is 10.4 Å². The largest absolute Gasteiger partial charge is 0.456 e. The standard InChI is InChI=1S/C18H16ClN3O4S/c19-13-5-2-1-4-12(13)10-20-15(23)11-25-17(24)8-7-16-21-18(22-26-16)14-6-3-9-27-14/h1-6,9H,7-8,10-11H2,(H,20,23). The van der Waals surface area contributed by atoms with Crippen molar-refractivity contribution in [2.75, 3.05) is 6.61 Å². The lowest BCUT2D eigenvalue weighted by Crippen LogP contribution is -2.28. The van der Waals surface area contributed by atoms with Crippen molar-refractivity contribution in [1.29, 1.82) is 0 Å². The van der Waals surface area contributed by atoms with E-state index in [9.17, 15) is 9.59 Å². The van der Waals surface area contributed by atoms with E-state index in [-0.39, 0.29) is 26.0 Å². The Bertz CT molecular complexity index is 911. The molecule has 1 N–H and O–H groups in total. The maximum absolute atomic E-state index is 11.8. The van der Waals surface area contributed by atoms with Crippen molar-refractivity contribution in [3.05, 3.63) is 58.3 Å². The van der Waals surface area contributed by atoms with Gasteiger partial charge in [-0.05, 0) is 23.1 Å². The fourth-order valence-electron chi connectivity index (χ4n) is 2.18. The van der Waals surface area contributed by atoms with Crippen molar-refractivity contribution < 1.29 is 18.8 Å². The van der Waals surface area contributed by atoms with E-state index >= 15 is 0 Å². The summed E-state index contributed by atoms with van der Waals surface area (Å²) < 4.78 is 10.1. The molecule has 0 radical (unpaired) electrons. The first-order valence-corrected chi connectivity index (χ1v) is 9.40. The lowest BCUT2D eigenvalue weighted by atomic mass is 10.2. The van der Waals surface area contributed by atoms with E-state index < -0.39 is 11.9 Å². The first-order valence-electron chi connectivity index (χ1n) is 8.14. The van der Waals surface area contributed by atoms with Gasteiger partial charge in [-0.3, -0.25) is 9.59 Å². The third-order valence-corrected chi connectivity index (χ3v) is 4.79. The van der Waals surface area contributed by atoms with Gasteiger partial charge in [0.2, 0.25) is 11.7 Å². The molecule has 0 fully saturated rings. The van der Waals surface area contributed by atoms with E-state index in [4.69, 9.17) is 20.9 Å². The number of amides is 1. The molecule has 7 nitrogen and oxygen atoms in total.